The normalized spacial score (nSPS) is 29.1. The highest BCUT2D eigenvalue weighted by molar-refractivity contribution is 14.1. The van der Waals surface area contributed by atoms with Gasteiger partial charge in [0, 0.05) is 3.92 Å². The third-order valence-electron chi connectivity index (χ3n) is 2.60. The Hall–Kier alpha value is 0.470. The van der Waals surface area contributed by atoms with Crippen LogP contribution < -0.4 is 0 Å². The molecule has 0 bridgehead atoms. The van der Waals surface area contributed by atoms with Crippen LogP contribution in [0.15, 0.2) is 0 Å². The fourth-order valence-corrected chi connectivity index (χ4v) is 4.28. The zero-order valence-electron chi connectivity index (χ0n) is 7.93. The minimum Gasteiger partial charge on any atom is -0.220 e. The molecule has 1 aliphatic carbocycles. The molecule has 1 fully saturated rings. The highest BCUT2D eigenvalue weighted by Crippen LogP contribution is 2.34. The number of halogens is 4. The van der Waals surface area contributed by atoms with Gasteiger partial charge in [0.15, 0.2) is 0 Å². The Kier molecular flexibility index (Phi) is 4.30. The first-order chi connectivity index (χ1) is 6.74. The van der Waals surface area contributed by atoms with Crippen LogP contribution in [0.3, 0.4) is 0 Å². The Morgan fingerprint density at radius 1 is 1.20 bits per heavy atom. The fourth-order valence-electron chi connectivity index (χ4n) is 1.73. The molecule has 2 unspecified atom stereocenters. The molecular weight excluding hydrogens is 344 g/mol. The van der Waals surface area contributed by atoms with Crippen molar-refractivity contribution >= 4 is 32.4 Å². The van der Waals surface area contributed by atoms with Crippen molar-refractivity contribution in [2.75, 3.05) is 5.75 Å². The maximum Gasteiger partial charge on any atom is 0.497 e. The SMILES string of the molecule is O=S(=O)(CC1CCCCC1I)C(F)(F)F. The minimum atomic E-state index is -5.10. The van der Waals surface area contributed by atoms with E-state index < -0.39 is 21.1 Å². The van der Waals surface area contributed by atoms with E-state index in [0.717, 1.165) is 19.3 Å². The molecule has 0 aliphatic heterocycles. The van der Waals surface area contributed by atoms with Crippen LogP contribution in [0.5, 0.6) is 0 Å². The molecule has 1 rings (SSSR count). The van der Waals surface area contributed by atoms with Crippen LogP contribution >= 0.6 is 22.6 Å². The largest absolute Gasteiger partial charge is 0.497 e. The number of hydrogen-bond acceptors (Lipinski definition) is 2. The molecule has 7 heteroatoms. The first-order valence-corrected chi connectivity index (χ1v) is 7.57. The first kappa shape index (κ1) is 13.5. The highest BCUT2D eigenvalue weighted by atomic mass is 127. The van der Waals surface area contributed by atoms with Crippen LogP contribution in [0.2, 0.25) is 0 Å². The molecule has 0 aromatic heterocycles. The average Bonchev–Trinajstić information content (AvgIpc) is 2.06. The van der Waals surface area contributed by atoms with E-state index in [9.17, 15) is 21.6 Å². The van der Waals surface area contributed by atoms with Crippen molar-refractivity contribution in [1.82, 2.24) is 0 Å². The summed E-state index contributed by atoms with van der Waals surface area (Å²) in [5.74, 6) is -1.09. The van der Waals surface area contributed by atoms with Gasteiger partial charge in [-0.15, -0.1) is 0 Å². The predicted octanol–water partition coefficient (Wildman–Crippen LogP) is 2.91. The number of hydrogen-bond donors (Lipinski definition) is 0. The Balaban J connectivity index is 2.69. The van der Waals surface area contributed by atoms with Crippen molar-refractivity contribution in [2.24, 2.45) is 5.92 Å². The van der Waals surface area contributed by atoms with Crippen molar-refractivity contribution < 1.29 is 21.6 Å². The Morgan fingerprint density at radius 2 is 1.73 bits per heavy atom. The standard InChI is InChI=1S/C8H12F3IO2S/c9-8(10,11)15(13,14)5-6-3-1-2-4-7(6)12/h6-7H,1-5H2. The molecule has 2 nitrogen and oxygen atoms in total. The molecule has 0 aromatic rings. The van der Waals surface area contributed by atoms with E-state index in [1.54, 1.807) is 0 Å². The molecular formula is C8H12F3IO2S. The molecule has 15 heavy (non-hydrogen) atoms. The summed E-state index contributed by atoms with van der Waals surface area (Å²) >= 11 is 2.06. The Labute approximate surface area is 101 Å². The maximum atomic E-state index is 12.1. The summed E-state index contributed by atoms with van der Waals surface area (Å²) in [6.07, 6.45) is 3.22. The monoisotopic (exact) mass is 356 g/mol. The maximum absolute atomic E-state index is 12.1. The minimum absolute atomic E-state index is 0.0495. The summed E-state index contributed by atoms with van der Waals surface area (Å²) in [5.41, 5.74) is -5.10. The molecule has 2 atom stereocenters. The zero-order chi connectivity index (χ0) is 11.7. The van der Waals surface area contributed by atoms with Crippen molar-refractivity contribution in [1.29, 1.82) is 0 Å². The Morgan fingerprint density at radius 3 is 2.20 bits per heavy atom. The second-order valence-electron chi connectivity index (χ2n) is 3.79. The molecule has 0 heterocycles. The molecule has 1 saturated carbocycles. The summed E-state index contributed by atoms with van der Waals surface area (Å²) < 4.78 is 58.3. The van der Waals surface area contributed by atoms with E-state index in [4.69, 9.17) is 0 Å². The van der Waals surface area contributed by atoms with E-state index in [-0.39, 0.29) is 9.84 Å². The van der Waals surface area contributed by atoms with E-state index in [1.807, 2.05) is 0 Å². The van der Waals surface area contributed by atoms with Crippen molar-refractivity contribution in [3.05, 3.63) is 0 Å². The van der Waals surface area contributed by atoms with Gasteiger partial charge in [-0.2, -0.15) is 13.2 Å². The van der Waals surface area contributed by atoms with Crippen LogP contribution in [-0.2, 0) is 9.84 Å². The van der Waals surface area contributed by atoms with E-state index in [2.05, 4.69) is 22.6 Å². The Bertz CT molecular complexity index is 312. The third-order valence-corrected chi connectivity index (χ3v) is 5.81. The lowest BCUT2D eigenvalue weighted by Gasteiger charge is -2.27. The van der Waals surface area contributed by atoms with Crippen LogP contribution in [0.1, 0.15) is 25.7 Å². The summed E-state index contributed by atoms with van der Waals surface area (Å²) in [4.78, 5) is 0. The van der Waals surface area contributed by atoms with Gasteiger partial charge in [0.1, 0.15) is 0 Å². The number of sulfone groups is 1. The molecule has 1 aliphatic rings. The number of alkyl halides is 4. The van der Waals surface area contributed by atoms with Crippen LogP contribution in [0.4, 0.5) is 13.2 Å². The van der Waals surface area contributed by atoms with Crippen molar-refractivity contribution in [3.63, 3.8) is 0 Å². The van der Waals surface area contributed by atoms with E-state index in [0.29, 0.717) is 6.42 Å². The molecule has 0 saturated heterocycles. The van der Waals surface area contributed by atoms with Gasteiger partial charge in [-0.1, -0.05) is 35.4 Å². The lowest BCUT2D eigenvalue weighted by atomic mass is 9.91. The quantitative estimate of drug-likeness (QED) is 0.563. The first-order valence-electron chi connectivity index (χ1n) is 4.67. The van der Waals surface area contributed by atoms with Gasteiger partial charge in [0.2, 0.25) is 9.84 Å². The smallest absolute Gasteiger partial charge is 0.220 e. The van der Waals surface area contributed by atoms with Crippen LogP contribution in [-0.4, -0.2) is 23.6 Å². The van der Waals surface area contributed by atoms with E-state index in [1.165, 1.54) is 0 Å². The van der Waals surface area contributed by atoms with Crippen molar-refractivity contribution in [3.8, 4) is 0 Å². The summed E-state index contributed by atoms with van der Waals surface area (Å²) in [7, 11) is -4.94. The van der Waals surface area contributed by atoms with E-state index >= 15 is 0 Å². The second-order valence-corrected chi connectivity index (χ2v) is 7.41. The summed E-state index contributed by atoms with van der Waals surface area (Å²) in [6, 6.07) is 0. The average molecular weight is 356 g/mol. The predicted molar refractivity (Wildman–Crippen MR) is 59.6 cm³/mol. The molecule has 0 radical (unpaired) electrons. The molecule has 0 spiro atoms. The third kappa shape index (κ3) is 3.47. The van der Waals surface area contributed by atoms with Gasteiger partial charge in [-0.25, -0.2) is 8.42 Å². The van der Waals surface area contributed by atoms with Gasteiger partial charge in [-0.3, -0.25) is 0 Å². The highest BCUT2D eigenvalue weighted by Gasteiger charge is 2.47. The van der Waals surface area contributed by atoms with Crippen LogP contribution in [0, 0.1) is 5.92 Å². The molecule has 0 amide bonds. The lowest BCUT2D eigenvalue weighted by Crippen LogP contribution is -2.34. The summed E-state index contributed by atoms with van der Waals surface area (Å²) in [6.45, 7) is 0. The van der Waals surface area contributed by atoms with Crippen LogP contribution in [0.25, 0.3) is 0 Å². The van der Waals surface area contributed by atoms with Gasteiger partial charge in [0.05, 0.1) is 5.75 Å². The fraction of sp³-hybridized carbons (Fsp3) is 1.00. The molecule has 0 N–H and O–H groups in total. The van der Waals surface area contributed by atoms with Crippen molar-refractivity contribution in [2.45, 2.75) is 35.1 Å². The van der Waals surface area contributed by atoms with Gasteiger partial charge >= 0.3 is 5.51 Å². The zero-order valence-corrected chi connectivity index (χ0v) is 10.9. The van der Waals surface area contributed by atoms with Gasteiger partial charge in [0.25, 0.3) is 0 Å². The topological polar surface area (TPSA) is 34.1 Å². The van der Waals surface area contributed by atoms with Gasteiger partial charge in [-0.05, 0) is 18.8 Å². The van der Waals surface area contributed by atoms with Gasteiger partial charge < -0.3 is 0 Å². The summed E-state index contributed by atoms with van der Waals surface area (Å²) in [5, 5.41) is 0. The molecule has 90 valence electrons. The number of rotatable bonds is 2. The second kappa shape index (κ2) is 4.77. The lowest BCUT2D eigenvalue weighted by molar-refractivity contribution is -0.0439. The molecule has 0 aromatic carbocycles.